The van der Waals surface area contributed by atoms with E-state index < -0.39 is 120 Å². The van der Waals surface area contributed by atoms with Crippen molar-refractivity contribution < 1.29 is 29.9 Å². The number of imidazole rings is 1. The van der Waals surface area contributed by atoms with E-state index in [9.17, 15) is 16.4 Å². The Balaban J connectivity index is 1.21. The molecule has 0 aliphatic carbocycles. The maximum Gasteiger partial charge on any atom is 0.269 e. The van der Waals surface area contributed by atoms with Crippen LogP contribution in [0.3, 0.4) is 0 Å². The summed E-state index contributed by atoms with van der Waals surface area (Å²) in [7, 11) is -5.72. The number of pyridine rings is 1. The molecule has 0 aliphatic rings. The van der Waals surface area contributed by atoms with Crippen molar-refractivity contribution >= 4 is 61.7 Å². The van der Waals surface area contributed by atoms with Gasteiger partial charge in [0.2, 0.25) is 0 Å². The summed E-state index contributed by atoms with van der Waals surface area (Å²) < 4.78 is 155. The predicted octanol–water partition coefficient (Wildman–Crippen LogP) is 16.2. The molecule has 3 heterocycles. The first-order valence-corrected chi connectivity index (χ1v) is 29.7. The molecule has 12 rings (SSSR count). The predicted molar refractivity (Wildman–Crippen MR) is 346 cm³/mol. The van der Waals surface area contributed by atoms with E-state index in [-0.39, 0.29) is 27.1 Å². The van der Waals surface area contributed by atoms with Crippen LogP contribution in [-0.2, 0) is 21.7 Å². The maximum atomic E-state index is 10.00. The lowest BCUT2D eigenvalue weighted by atomic mass is 9.79. The number of rotatable bonds is 10. The third kappa shape index (κ3) is 9.77. The highest BCUT2D eigenvalue weighted by Gasteiger charge is 2.44. The van der Waals surface area contributed by atoms with Crippen molar-refractivity contribution in [1.29, 1.82) is 0 Å². The fraction of sp³-hybridized carbons (Fsp3) is 0.211. The molecule has 5 nitrogen and oxygen atoms in total. The Morgan fingerprint density at radius 2 is 1.06 bits per heavy atom. The second-order valence-corrected chi connectivity index (χ2v) is 28.8. The van der Waals surface area contributed by atoms with Crippen molar-refractivity contribution in [2.45, 2.75) is 105 Å². The summed E-state index contributed by atoms with van der Waals surface area (Å²) in [6.07, 6.45) is 5.54. The summed E-state index contributed by atoms with van der Waals surface area (Å²) in [5, 5.41) is 0.228. The van der Waals surface area contributed by atoms with E-state index in [1.54, 1.807) is 16.7 Å². The number of para-hydroxylation sites is 2. The van der Waals surface area contributed by atoms with Gasteiger partial charge in [-0.15, -0.1) is 0 Å². The van der Waals surface area contributed by atoms with Crippen LogP contribution in [0.4, 0.5) is 0 Å². The van der Waals surface area contributed by atoms with Crippen LogP contribution in [0, 0.1) is 6.33 Å². The summed E-state index contributed by atoms with van der Waals surface area (Å²) >= 11 is 0. The molecule has 0 N–H and O–H groups in total. The zero-order valence-electron chi connectivity index (χ0n) is 63.5. The minimum absolute atomic E-state index is 0.0298. The number of nitrogens with zero attached hydrogens (tertiary/aromatic N) is 4. The Hall–Kier alpha value is -8.58. The lowest BCUT2D eigenvalue weighted by Crippen LogP contribution is -2.76. The molecule has 408 valence electrons. The van der Waals surface area contributed by atoms with Crippen LogP contribution in [-0.4, -0.2) is 22.2 Å². The summed E-state index contributed by atoms with van der Waals surface area (Å²) in [5.74, 6) is 1.74. The molecule has 9 aromatic carbocycles. The molecule has 0 radical (unpaired) electrons. The summed E-state index contributed by atoms with van der Waals surface area (Å²) in [5.41, 5.74) is 7.69. The largest absolute Gasteiger partial charge is 0.458 e. The van der Waals surface area contributed by atoms with Crippen molar-refractivity contribution in [3.8, 4) is 39.8 Å². The number of aromatic nitrogens is 4. The monoisotopic (exact) mass is 1100 g/mol. The minimum Gasteiger partial charge on any atom is -0.458 e. The van der Waals surface area contributed by atoms with Gasteiger partial charge in [0.05, 0.1) is 54.0 Å². The van der Waals surface area contributed by atoms with Gasteiger partial charge in [-0.05, 0) is 130 Å². The number of fused-ring (bicyclic) bond motifs is 4. The third-order valence-corrected chi connectivity index (χ3v) is 19.8. The minimum atomic E-state index is -5.72. The smallest absolute Gasteiger partial charge is 0.269 e. The zero-order valence-corrected chi connectivity index (χ0v) is 49.5. The molecule has 0 amide bonds. The molecular weight excluding hydrogens is 1010 g/mol. The van der Waals surface area contributed by atoms with Gasteiger partial charge in [0, 0.05) is 23.0 Å². The first kappa shape index (κ1) is 39.0. The van der Waals surface area contributed by atoms with Crippen LogP contribution < -0.4 is 30.1 Å². The highest BCUT2D eigenvalue weighted by atomic mass is 28.3. The average molecular weight is 1100 g/mol. The van der Waals surface area contributed by atoms with Crippen LogP contribution >= 0.6 is 0 Å². The van der Waals surface area contributed by atoms with E-state index in [4.69, 9.17) is 13.8 Å². The molecule has 82 heavy (non-hydrogen) atoms. The van der Waals surface area contributed by atoms with Crippen LogP contribution in [0.5, 0.6) is 11.5 Å². The second kappa shape index (κ2) is 20.4. The third-order valence-electron chi connectivity index (χ3n) is 15.5. The van der Waals surface area contributed by atoms with Gasteiger partial charge in [-0.1, -0.05) is 247 Å². The van der Waals surface area contributed by atoms with Gasteiger partial charge < -0.3 is 4.74 Å². The maximum absolute atomic E-state index is 10.00. The summed E-state index contributed by atoms with van der Waals surface area (Å²) in [6, 6.07) is 30.7. The SMILES string of the molecule is [2H]c1c([2H])c([2H])c([Si](c2cccc(C(C)(C)C)c2-[n+]2[c-]n(-c3cccc(Oc4ccc5c6ccccc6n(-c6cc(C(C)(C)C)ccn6)c5c4)c3)c3cc(-c4cc(C(C)(C)C)cc(C(C)(C)C)c4)ccc32)(c2c([2H])c([2H])c([2H])c([2H])c2[2H])c2c([2H])c([2H])c([2H])c([2H])c2[2H])c([2H])c1[2H]. The van der Waals surface area contributed by atoms with Crippen molar-refractivity contribution in [3.05, 3.63) is 259 Å². The standard InChI is InChI=1S/C76H74N4OSi/c1-73(2,3)54-42-43-77-71(48-54)80-66-36-23-22-34-63(66)64-40-39-59(50-68(64)80)81-58-27-24-26-57(49-58)78-51-79(67-41-38-52(46-69(67)78)53-44-55(74(4,5)6)47-56(45-53)75(7,8)9)72-65(76(10,11)12)35-25-37-70(72)82(60-28-16-13-17-29-60,61-30-18-14-19-31-61)62-32-20-15-21-33-62/h13-50H,1-12H3/i13D,14D,15D,16D,17D,18D,19D,20D,21D,28D,29D,30D,31D,32D,33D. The van der Waals surface area contributed by atoms with Gasteiger partial charge in [0.1, 0.15) is 17.3 Å². The Kier molecular flexibility index (Phi) is 9.71. The Morgan fingerprint density at radius 1 is 0.476 bits per heavy atom. The van der Waals surface area contributed by atoms with E-state index in [0.717, 1.165) is 55.4 Å². The first-order valence-electron chi connectivity index (χ1n) is 35.2. The van der Waals surface area contributed by atoms with Crippen molar-refractivity contribution in [2.75, 3.05) is 0 Å². The van der Waals surface area contributed by atoms with E-state index in [1.807, 2.05) is 116 Å². The molecule has 0 saturated heterocycles. The average Bonchev–Trinajstić information content (AvgIpc) is 0.799. The number of ether oxygens (including phenoxy) is 1. The van der Waals surface area contributed by atoms with Gasteiger partial charge in [-0.25, -0.2) is 4.98 Å². The summed E-state index contributed by atoms with van der Waals surface area (Å²) in [4.78, 5) is 4.90. The zero-order chi connectivity index (χ0) is 70.4. The summed E-state index contributed by atoms with van der Waals surface area (Å²) in [6.45, 7) is 25.4. The highest BCUT2D eigenvalue weighted by molar-refractivity contribution is 7.20. The van der Waals surface area contributed by atoms with Crippen LogP contribution in [0.25, 0.3) is 61.2 Å². The molecule has 0 unspecified atom stereocenters. The van der Waals surface area contributed by atoms with Gasteiger partial charge in [-0.2, -0.15) is 0 Å². The van der Waals surface area contributed by atoms with E-state index in [0.29, 0.717) is 33.8 Å². The van der Waals surface area contributed by atoms with Crippen LogP contribution in [0.1, 0.15) is 126 Å². The quantitative estimate of drug-likeness (QED) is 0.0592. The normalized spacial score (nSPS) is 15.2. The van der Waals surface area contributed by atoms with E-state index in [2.05, 4.69) is 110 Å². The van der Waals surface area contributed by atoms with Gasteiger partial charge >= 0.3 is 0 Å². The van der Waals surface area contributed by atoms with Crippen molar-refractivity contribution in [2.24, 2.45) is 0 Å². The van der Waals surface area contributed by atoms with Gasteiger partial charge in [0.15, 0.2) is 8.07 Å². The molecule has 0 aliphatic heterocycles. The Bertz CT molecular complexity index is 4990. The van der Waals surface area contributed by atoms with Crippen LogP contribution in [0.2, 0.25) is 0 Å². The Morgan fingerprint density at radius 3 is 1.67 bits per heavy atom. The topological polar surface area (TPSA) is 35.9 Å². The Labute approximate surface area is 507 Å². The van der Waals surface area contributed by atoms with E-state index >= 15 is 0 Å². The second-order valence-electron chi connectivity index (χ2n) is 25.3. The molecule has 0 saturated carbocycles. The molecule has 12 aromatic rings. The van der Waals surface area contributed by atoms with Gasteiger partial charge in [-0.3, -0.25) is 13.7 Å². The lowest BCUT2D eigenvalue weighted by molar-refractivity contribution is -0.572. The lowest BCUT2D eigenvalue weighted by Gasteiger charge is -2.38. The highest BCUT2D eigenvalue weighted by Crippen LogP contribution is 2.39. The van der Waals surface area contributed by atoms with Crippen molar-refractivity contribution in [1.82, 2.24) is 14.1 Å². The molecular formula is C76H74N4OSi. The molecule has 0 bridgehead atoms. The fourth-order valence-electron chi connectivity index (χ4n) is 11.2. The van der Waals surface area contributed by atoms with Crippen molar-refractivity contribution in [3.63, 3.8) is 0 Å². The van der Waals surface area contributed by atoms with Gasteiger partial charge in [0.25, 0.3) is 6.33 Å². The number of hydrogen-bond donors (Lipinski definition) is 0. The first-order chi connectivity index (χ1) is 45.4. The molecule has 0 spiro atoms. The van der Waals surface area contributed by atoms with Crippen LogP contribution in [0.15, 0.2) is 230 Å². The fourth-order valence-corrected chi connectivity index (χ4v) is 15.2. The molecule has 0 atom stereocenters. The molecule has 0 fully saturated rings. The molecule has 3 aromatic heterocycles. The van der Waals surface area contributed by atoms with E-state index in [1.165, 1.54) is 0 Å². The number of hydrogen-bond acceptors (Lipinski definition) is 2. The molecule has 6 heteroatoms. The number of benzene rings is 9.